The van der Waals surface area contributed by atoms with Crippen molar-refractivity contribution in [2.24, 2.45) is 5.41 Å². The van der Waals surface area contributed by atoms with Crippen molar-refractivity contribution in [2.45, 2.75) is 6.92 Å². The van der Waals surface area contributed by atoms with Crippen molar-refractivity contribution >= 4 is 57.9 Å². The molecule has 90 valence electrons. The van der Waals surface area contributed by atoms with E-state index >= 15 is 0 Å². The van der Waals surface area contributed by atoms with Gasteiger partial charge in [0.25, 0.3) is 0 Å². The van der Waals surface area contributed by atoms with Crippen molar-refractivity contribution in [1.82, 2.24) is 0 Å². The van der Waals surface area contributed by atoms with Crippen molar-refractivity contribution in [3.63, 3.8) is 0 Å². The Bertz CT molecular complexity index is 297. The van der Waals surface area contributed by atoms with E-state index in [1.54, 1.807) is 0 Å². The Balaban J connectivity index is 5.78. The van der Waals surface area contributed by atoms with Gasteiger partial charge in [0, 0.05) is 0 Å². The van der Waals surface area contributed by atoms with Crippen LogP contribution < -0.4 is 0 Å². The lowest BCUT2D eigenvalue weighted by Gasteiger charge is -2.24. The molecule has 0 aromatic heterocycles. The van der Waals surface area contributed by atoms with Gasteiger partial charge in [-0.2, -0.15) is 0 Å². The van der Waals surface area contributed by atoms with Crippen LogP contribution in [0.15, 0.2) is 0 Å². The van der Waals surface area contributed by atoms with E-state index in [1.165, 1.54) is 0 Å². The highest BCUT2D eigenvalue weighted by atomic mass is 35.5. The Labute approximate surface area is 107 Å². The normalized spacial score (nSPS) is 11.0. The van der Waals surface area contributed by atoms with Gasteiger partial charge in [0.15, 0.2) is 23.1 Å². The summed E-state index contributed by atoms with van der Waals surface area (Å²) >= 11 is 15.9. The third-order valence-corrected chi connectivity index (χ3v) is 2.88. The first kappa shape index (κ1) is 15.6. The fraction of sp³-hybridized carbons (Fsp3) is 0.556. The summed E-state index contributed by atoms with van der Waals surface area (Å²) in [7, 11) is 0. The topological polar surface area (TPSA) is 68.3 Å². The van der Waals surface area contributed by atoms with Crippen molar-refractivity contribution < 1.29 is 19.2 Å². The number of hydrogen-bond acceptors (Lipinski definition) is 4. The summed E-state index contributed by atoms with van der Waals surface area (Å²) in [5.41, 5.74) is -2.43. The Hall–Kier alpha value is -0.450. The Morgan fingerprint density at radius 1 is 0.812 bits per heavy atom. The van der Waals surface area contributed by atoms with E-state index in [-0.39, 0.29) is 0 Å². The fourth-order valence-corrected chi connectivity index (χ4v) is 1.96. The van der Waals surface area contributed by atoms with Crippen LogP contribution in [0.5, 0.6) is 0 Å². The molecule has 7 heteroatoms. The maximum absolute atomic E-state index is 11.6. The Morgan fingerprint density at radius 3 is 1.19 bits per heavy atom. The molecule has 0 amide bonds. The number of halogens is 3. The molecule has 0 spiro atoms. The zero-order valence-corrected chi connectivity index (χ0v) is 10.7. The molecular formula is C9H9Cl3O4. The summed E-state index contributed by atoms with van der Waals surface area (Å²) in [5, 5.41) is 0. The molecule has 0 aliphatic rings. The summed E-state index contributed by atoms with van der Waals surface area (Å²) in [4.78, 5) is 46.1. The standard InChI is InChI=1S/C9H9Cl3O4/c1-5(13)9(6(14)2-10,7(15)3-11)8(16)4-12/h2-4H2,1H3. The first-order valence-electron chi connectivity index (χ1n) is 4.18. The van der Waals surface area contributed by atoms with E-state index in [0.29, 0.717) is 0 Å². The van der Waals surface area contributed by atoms with Gasteiger partial charge < -0.3 is 0 Å². The van der Waals surface area contributed by atoms with Crippen LogP contribution in [0.25, 0.3) is 0 Å². The predicted molar refractivity (Wildman–Crippen MR) is 60.3 cm³/mol. The summed E-state index contributed by atoms with van der Waals surface area (Å²) in [5.74, 6) is -5.77. The highest BCUT2D eigenvalue weighted by Gasteiger charge is 2.54. The number of carbonyl (C=O) groups excluding carboxylic acids is 4. The van der Waals surface area contributed by atoms with Crippen LogP contribution in [0.2, 0.25) is 0 Å². The lowest BCUT2D eigenvalue weighted by atomic mass is 9.73. The molecular weight excluding hydrogens is 278 g/mol. The average Bonchev–Trinajstić information content (AvgIpc) is 2.28. The third-order valence-electron chi connectivity index (χ3n) is 2.15. The molecule has 0 aromatic rings. The number of hydrogen-bond donors (Lipinski definition) is 0. The second-order valence-electron chi connectivity index (χ2n) is 2.98. The molecule has 0 aliphatic carbocycles. The molecule has 0 bridgehead atoms. The van der Waals surface area contributed by atoms with Crippen molar-refractivity contribution in [3.05, 3.63) is 0 Å². The minimum Gasteiger partial charge on any atom is -0.298 e. The predicted octanol–water partition coefficient (Wildman–Crippen LogP) is 0.985. The zero-order valence-electron chi connectivity index (χ0n) is 8.39. The largest absolute Gasteiger partial charge is 0.298 e. The number of Topliss-reactive ketones (excluding diaryl/α,β-unsaturated/α-hetero) is 4. The lowest BCUT2D eigenvalue weighted by molar-refractivity contribution is -0.151. The van der Waals surface area contributed by atoms with Gasteiger partial charge in [-0.1, -0.05) is 0 Å². The minimum absolute atomic E-state index is 0.634. The maximum atomic E-state index is 11.6. The molecule has 0 N–H and O–H groups in total. The molecule has 0 saturated heterocycles. The van der Waals surface area contributed by atoms with E-state index in [1.807, 2.05) is 0 Å². The maximum Gasteiger partial charge on any atom is 0.206 e. The van der Waals surface area contributed by atoms with Gasteiger partial charge in [-0.3, -0.25) is 19.2 Å². The van der Waals surface area contributed by atoms with Crippen LogP contribution in [0.4, 0.5) is 0 Å². The Morgan fingerprint density at radius 2 is 1.06 bits per heavy atom. The SMILES string of the molecule is CC(=O)C(C(=O)CCl)(C(=O)CCl)C(=O)CCl. The van der Waals surface area contributed by atoms with Crippen LogP contribution in [-0.4, -0.2) is 40.8 Å². The van der Waals surface area contributed by atoms with E-state index in [0.717, 1.165) is 6.92 Å². The van der Waals surface area contributed by atoms with Gasteiger partial charge in [0.1, 0.15) is 0 Å². The van der Waals surface area contributed by atoms with Crippen LogP contribution in [0.1, 0.15) is 6.92 Å². The first-order valence-corrected chi connectivity index (χ1v) is 5.78. The summed E-state index contributed by atoms with van der Waals surface area (Å²) in [6.07, 6.45) is 0. The summed E-state index contributed by atoms with van der Waals surface area (Å²) < 4.78 is 0. The average molecular weight is 288 g/mol. The second-order valence-corrected chi connectivity index (χ2v) is 3.78. The van der Waals surface area contributed by atoms with Crippen LogP contribution in [-0.2, 0) is 19.2 Å². The summed E-state index contributed by atoms with van der Waals surface area (Å²) in [6.45, 7) is 0.958. The van der Waals surface area contributed by atoms with Crippen LogP contribution in [0, 0.1) is 5.41 Å². The molecule has 0 unspecified atom stereocenters. The molecule has 0 rings (SSSR count). The van der Waals surface area contributed by atoms with Gasteiger partial charge in [-0.05, 0) is 6.92 Å². The molecule has 0 radical (unpaired) electrons. The molecule has 0 saturated carbocycles. The van der Waals surface area contributed by atoms with Gasteiger partial charge in [-0.25, -0.2) is 0 Å². The van der Waals surface area contributed by atoms with Crippen molar-refractivity contribution in [2.75, 3.05) is 17.6 Å². The van der Waals surface area contributed by atoms with Gasteiger partial charge in [-0.15, -0.1) is 34.8 Å². The zero-order chi connectivity index (χ0) is 12.9. The monoisotopic (exact) mass is 286 g/mol. The molecule has 0 atom stereocenters. The molecule has 0 heterocycles. The quantitative estimate of drug-likeness (QED) is 0.517. The highest BCUT2D eigenvalue weighted by Crippen LogP contribution is 2.25. The molecule has 0 fully saturated rings. The molecule has 0 aromatic carbocycles. The third kappa shape index (κ3) is 2.44. The van der Waals surface area contributed by atoms with Gasteiger partial charge >= 0.3 is 0 Å². The van der Waals surface area contributed by atoms with Crippen LogP contribution >= 0.6 is 34.8 Å². The molecule has 16 heavy (non-hydrogen) atoms. The lowest BCUT2D eigenvalue weighted by Crippen LogP contribution is -2.53. The van der Waals surface area contributed by atoms with Crippen LogP contribution in [0.3, 0.4) is 0 Å². The second kappa shape index (κ2) is 6.33. The summed E-state index contributed by atoms with van der Waals surface area (Å²) in [6, 6.07) is 0. The van der Waals surface area contributed by atoms with Crippen molar-refractivity contribution in [3.8, 4) is 0 Å². The minimum atomic E-state index is -2.43. The Kier molecular flexibility index (Phi) is 6.15. The number of ketones is 4. The van der Waals surface area contributed by atoms with E-state index in [4.69, 9.17) is 34.8 Å². The van der Waals surface area contributed by atoms with E-state index in [2.05, 4.69) is 0 Å². The van der Waals surface area contributed by atoms with Gasteiger partial charge in [0.05, 0.1) is 17.6 Å². The number of alkyl halides is 3. The van der Waals surface area contributed by atoms with E-state index < -0.39 is 46.2 Å². The van der Waals surface area contributed by atoms with Crippen molar-refractivity contribution in [1.29, 1.82) is 0 Å². The van der Waals surface area contributed by atoms with Gasteiger partial charge in [0.2, 0.25) is 5.41 Å². The highest BCUT2D eigenvalue weighted by molar-refractivity contribution is 6.50. The first-order chi connectivity index (χ1) is 7.39. The molecule has 0 aliphatic heterocycles. The number of rotatable bonds is 7. The smallest absolute Gasteiger partial charge is 0.206 e. The number of carbonyl (C=O) groups is 4. The fourth-order valence-electron chi connectivity index (χ4n) is 1.36. The molecule has 4 nitrogen and oxygen atoms in total. The van der Waals surface area contributed by atoms with E-state index in [9.17, 15) is 19.2 Å².